The fourth-order valence-electron chi connectivity index (χ4n) is 3.24. The number of carbonyl (C=O) groups excluding carboxylic acids is 1. The minimum absolute atomic E-state index is 0.0812. The van der Waals surface area contributed by atoms with E-state index in [9.17, 15) is 4.79 Å². The van der Waals surface area contributed by atoms with Crippen molar-refractivity contribution < 1.29 is 4.79 Å². The van der Waals surface area contributed by atoms with Crippen molar-refractivity contribution in [2.24, 2.45) is 5.92 Å². The predicted molar refractivity (Wildman–Crippen MR) is 95.4 cm³/mol. The van der Waals surface area contributed by atoms with E-state index in [2.05, 4.69) is 9.88 Å². The maximum atomic E-state index is 12.9. The molecule has 1 fully saturated rings. The lowest BCUT2D eigenvalue weighted by atomic mass is 9.88. The molecule has 1 atom stereocenters. The van der Waals surface area contributed by atoms with E-state index in [-0.39, 0.29) is 11.7 Å². The minimum Gasteiger partial charge on any atom is -0.297 e. The van der Waals surface area contributed by atoms with Crippen LogP contribution in [-0.4, -0.2) is 28.8 Å². The van der Waals surface area contributed by atoms with Gasteiger partial charge in [0.1, 0.15) is 0 Å². The molecule has 1 aliphatic heterocycles. The Morgan fingerprint density at radius 3 is 2.96 bits per heavy atom. The zero-order valence-electron chi connectivity index (χ0n) is 13.5. The van der Waals surface area contributed by atoms with E-state index >= 15 is 0 Å². The van der Waals surface area contributed by atoms with E-state index < -0.39 is 0 Å². The number of likely N-dealkylation sites (tertiary alicyclic amines) is 1. The van der Waals surface area contributed by atoms with Crippen molar-refractivity contribution in [3.63, 3.8) is 0 Å². The molecule has 0 saturated carbocycles. The van der Waals surface area contributed by atoms with Crippen LogP contribution in [0.25, 0.3) is 0 Å². The van der Waals surface area contributed by atoms with Gasteiger partial charge in [-0.2, -0.15) is 0 Å². The number of aromatic nitrogens is 1. The second-order valence-corrected chi connectivity index (χ2v) is 8.00. The number of aryl methyl sites for hydroxylation is 2. The van der Waals surface area contributed by atoms with Gasteiger partial charge in [-0.05, 0) is 57.0 Å². The first-order valence-corrected chi connectivity index (χ1v) is 9.16. The van der Waals surface area contributed by atoms with Crippen molar-refractivity contribution in [3.8, 4) is 0 Å². The van der Waals surface area contributed by atoms with Crippen LogP contribution in [0.5, 0.6) is 0 Å². The Morgan fingerprint density at radius 2 is 2.26 bits per heavy atom. The molecule has 122 valence electrons. The van der Waals surface area contributed by atoms with Gasteiger partial charge in [-0.25, -0.2) is 4.98 Å². The highest BCUT2D eigenvalue weighted by Crippen LogP contribution is 2.26. The lowest BCUT2D eigenvalue weighted by Gasteiger charge is -2.31. The normalized spacial score (nSPS) is 19.0. The highest BCUT2D eigenvalue weighted by atomic mass is 35.5. The standard InChI is InChI=1S/C18H21ClN2OS/c1-12-8-15(19)5-6-17(12)18(22)14-4-3-7-21(10-14)11-16-9-20-13(2)23-16/h5-6,8-9,14H,3-4,7,10-11H2,1-2H3/t14-/m1/s1. The molecule has 23 heavy (non-hydrogen) atoms. The summed E-state index contributed by atoms with van der Waals surface area (Å²) in [5.41, 5.74) is 1.78. The number of hydrogen-bond donors (Lipinski definition) is 0. The number of benzene rings is 1. The Morgan fingerprint density at radius 1 is 1.43 bits per heavy atom. The van der Waals surface area contributed by atoms with Gasteiger partial charge in [0, 0.05) is 40.7 Å². The van der Waals surface area contributed by atoms with E-state index in [0.29, 0.717) is 5.02 Å². The van der Waals surface area contributed by atoms with Crippen molar-refractivity contribution in [2.75, 3.05) is 13.1 Å². The molecule has 3 rings (SSSR count). The molecule has 0 bridgehead atoms. The summed E-state index contributed by atoms with van der Waals surface area (Å²) >= 11 is 7.74. The van der Waals surface area contributed by atoms with Gasteiger partial charge < -0.3 is 0 Å². The van der Waals surface area contributed by atoms with Gasteiger partial charge in [0.25, 0.3) is 0 Å². The summed E-state index contributed by atoms with van der Waals surface area (Å²) in [6.45, 7) is 6.77. The molecular weight excluding hydrogens is 328 g/mol. The number of hydrogen-bond acceptors (Lipinski definition) is 4. The molecule has 0 amide bonds. The molecule has 1 saturated heterocycles. The van der Waals surface area contributed by atoms with Gasteiger partial charge in [0.15, 0.2) is 5.78 Å². The Kier molecular flexibility index (Phi) is 5.14. The number of halogens is 1. The molecule has 0 N–H and O–H groups in total. The average molecular weight is 349 g/mol. The van der Waals surface area contributed by atoms with Crippen LogP contribution in [0.4, 0.5) is 0 Å². The lowest BCUT2D eigenvalue weighted by molar-refractivity contribution is 0.0812. The smallest absolute Gasteiger partial charge is 0.167 e. The topological polar surface area (TPSA) is 33.2 Å². The van der Waals surface area contributed by atoms with Crippen LogP contribution < -0.4 is 0 Å². The Labute approximate surface area is 146 Å². The van der Waals surface area contributed by atoms with Crippen LogP contribution in [0.15, 0.2) is 24.4 Å². The fraction of sp³-hybridized carbons (Fsp3) is 0.444. The molecular formula is C18H21ClN2OS. The summed E-state index contributed by atoms with van der Waals surface area (Å²) in [7, 11) is 0. The third-order valence-corrected chi connectivity index (χ3v) is 5.51. The molecule has 1 aromatic carbocycles. The molecule has 3 nitrogen and oxygen atoms in total. The summed E-state index contributed by atoms with van der Waals surface area (Å²) in [6.07, 6.45) is 3.99. The quantitative estimate of drug-likeness (QED) is 0.762. The first-order valence-electron chi connectivity index (χ1n) is 7.97. The zero-order chi connectivity index (χ0) is 16.4. The number of ketones is 1. The number of thiazole rings is 1. The number of rotatable bonds is 4. The molecule has 1 aliphatic rings. The summed E-state index contributed by atoms with van der Waals surface area (Å²) in [6, 6.07) is 5.55. The van der Waals surface area contributed by atoms with Crippen molar-refractivity contribution in [3.05, 3.63) is 50.4 Å². The molecule has 2 aromatic rings. The van der Waals surface area contributed by atoms with Gasteiger partial charge in [-0.3, -0.25) is 9.69 Å². The summed E-state index contributed by atoms with van der Waals surface area (Å²) in [4.78, 5) is 20.8. The van der Waals surface area contributed by atoms with Crippen LogP contribution >= 0.6 is 22.9 Å². The molecule has 5 heteroatoms. The van der Waals surface area contributed by atoms with Gasteiger partial charge in [0.2, 0.25) is 0 Å². The molecule has 0 aliphatic carbocycles. The molecule has 0 spiro atoms. The molecule has 2 heterocycles. The van der Waals surface area contributed by atoms with E-state index in [1.165, 1.54) is 4.88 Å². The summed E-state index contributed by atoms with van der Waals surface area (Å²) in [5, 5.41) is 1.78. The number of piperidine rings is 1. The Hall–Kier alpha value is -1.23. The van der Waals surface area contributed by atoms with E-state index in [1.807, 2.05) is 38.2 Å². The van der Waals surface area contributed by atoms with Gasteiger partial charge >= 0.3 is 0 Å². The van der Waals surface area contributed by atoms with Crippen LogP contribution in [0.2, 0.25) is 5.02 Å². The third-order valence-electron chi connectivity index (χ3n) is 4.38. The van der Waals surface area contributed by atoms with Crippen LogP contribution in [0, 0.1) is 19.8 Å². The summed E-state index contributed by atoms with van der Waals surface area (Å²) in [5.74, 6) is 0.335. The van der Waals surface area contributed by atoms with E-state index in [1.54, 1.807) is 11.3 Å². The van der Waals surface area contributed by atoms with Crippen molar-refractivity contribution in [1.29, 1.82) is 0 Å². The second kappa shape index (κ2) is 7.12. The first-order chi connectivity index (χ1) is 11.0. The van der Waals surface area contributed by atoms with Crippen LogP contribution in [0.3, 0.4) is 0 Å². The van der Waals surface area contributed by atoms with Crippen molar-refractivity contribution in [1.82, 2.24) is 9.88 Å². The van der Waals surface area contributed by atoms with Crippen LogP contribution in [0.1, 0.15) is 38.6 Å². The lowest BCUT2D eigenvalue weighted by Crippen LogP contribution is -2.38. The van der Waals surface area contributed by atoms with Crippen molar-refractivity contribution in [2.45, 2.75) is 33.2 Å². The Bertz CT molecular complexity index is 713. The van der Waals surface area contributed by atoms with Crippen LogP contribution in [-0.2, 0) is 6.54 Å². The monoisotopic (exact) mass is 348 g/mol. The van der Waals surface area contributed by atoms with E-state index in [4.69, 9.17) is 11.6 Å². The molecule has 0 radical (unpaired) electrons. The predicted octanol–water partition coefficient (Wildman–Crippen LogP) is 4.51. The number of Topliss-reactive ketones (excluding diaryl/α,β-unsaturated/α-hetero) is 1. The summed E-state index contributed by atoms with van der Waals surface area (Å²) < 4.78 is 0. The molecule has 0 unspecified atom stereocenters. The largest absolute Gasteiger partial charge is 0.297 e. The average Bonchev–Trinajstić information content (AvgIpc) is 2.92. The number of nitrogens with zero attached hydrogens (tertiary/aromatic N) is 2. The third kappa shape index (κ3) is 4.00. The first kappa shape index (κ1) is 16.6. The SMILES string of the molecule is Cc1ncc(CN2CCC[C@@H](C(=O)c3ccc(Cl)cc3C)C2)s1. The second-order valence-electron chi connectivity index (χ2n) is 6.24. The van der Waals surface area contributed by atoms with Gasteiger partial charge in [-0.1, -0.05) is 11.6 Å². The molecule has 1 aromatic heterocycles. The zero-order valence-corrected chi connectivity index (χ0v) is 15.1. The maximum Gasteiger partial charge on any atom is 0.167 e. The Balaban J connectivity index is 1.69. The van der Waals surface area contributed by atoms with Gasteiger partial charge in [0.05, 0.1) is 5.01 Å². The van der Waals surface area contributed by atoms with E-state index in [0.717, 1.165) is 48.6 Å². The number of carbonyl (C=O) groups is 1. The maximum absolute atomic E-state index is 12.9. The highest BCUT2D eigenvalue weighted by Gasteiger charge is 2.27. The fourth-order valence-corrected chi connectivity index (χ4v) is 4.30. The highest BCUT2D eigenvalue weighted by molar-refractivity contribution is 7.11. The van der Waals surface area contributed by atoms with Gasteiger partial charge in [-0.15, -0.1) is 11.3 Å². The minimum atomic E-state index is 0.0812. The van der Waals surface area contributed by atoms with Crippen molar-refractivity contribution >= 4 is 28.7 Å².